The van der Waals surface area contributed by atoms with Crippen molar-refractivity contribution in [2.24, 2.45) is 22.7 Å². The first-order chi connectivity index (χ1) is 11.3. The summed E-state index contributed by atoms with van der Waals surface area (Å²) in [5.74, 6) is 1.79. The zero-order valence-electron chi connectivity index (χ0n) is 19.2. The Bertz CT molecular complexity index is 373. The molecule has 2 saturated heterocycles. The summed E-state index contributed by atoms with van der Waals surface area (Å²) < 4.78 is 0. The van der Waals surface area contributed by atoms with Crippen LogP contribution in [0, 0.1) is 22.7 Å². The molecule has 158 valence electrons. The quantitative estimate of drug-likeness (QED) is 0.545. The van der Waals surface area contributed by atoms with E-state index in [-0.39, 0.29) is 7.43 Å². The topological polar surface area (TPSA) is 6.48 Å². The van der Waals surface area contributed by atoms with E-state index in [4.69, 9.17) is 0 Å². The van der Waals surface area contributed by atoms with E-state index in [1.165, 1.54) is 45.4 Å². The standard InChI is InChI=1S/C12H25N.C11H23N.CH4/c1-10(2)13-8-6-7-11(9-13)12(3,4)5;1-9(2)12-7-6-10(8-12)11(3,4)5;/h10-11H,6-9H2,1-5H3;9-10H,6-8H2,1-5H3;1H4. The molecule has 0 aromatic rings. The van der Waals surface area contributed by atoms with Crippen LogP contribution < -0.4 is 0 Å². The van der Waals surface area contributed by atoms with Gasteiger partial charge < -0.3 is 9.80 Å². The van der Waals surface area contributed by atoms with Crippen LogP contribution in [0.15, 0.2) is 0 Å². The van der Waals surface area contributed by atoms with E-state index in [1.54, 1.807) is 0 Å². The van der Waals surface area contributed by atoms with Crippen LogP contribution in [0.2, 0.25) is 0 Å². The van der Waals surface area contributed by atoms with Gasteiger partial charge >= 0.3 is 0 Å². The molecule has 2 atom stereocenters. The highest BCUT2D eigenvalue weighted by molar-refractivity contribution is 4.85. The van der Waals surface area contributed by atoms with Crippen molar-refractivity contribution in [3.8, 4) is 0 Å². The van der Waals surface area contributed by atoms with Gasteiger partial charge in [0.2, 0.25) is 0 Å². The fourth-order valence-electron chi connectivity index (χ4n) is 4.15. The van der Waals surface area contributed by atoms with Gasteiger partial charge in [-0.2, -0.15) is 0 Å². The summed E-state index contributed by atoms with van der Waals surface area (Å²) in [7, 11) is 0. The summed E-state index contributed by atoms with van der Waals surface area (Å²) >= 11 is 0. The fourth-order valence-corrected chi connectivity index (χ4v) is 4.15. The van der Waals surface area contributed by atoms with Gasteiger partial charge in [-0.3, -0.25) is 0 Å². The first-order valence-electron chi connectivity index (χ1n) is 10.8. The largest absolute Gasteiger partial charge is 0.301 e. The minimum atomic E-state index is 0. The molecule has 0 aromatic carbocycles. The Labute approximate surface area is 167 Å². The van der Waals surface area contributed by atoms with Crippen LogP contribution in [0.1, 0.15) is 95.9 Å². The van der Waals surface area contributed by atoms with Gasteiger partial charge in [0.25, 0.3) is 0 Å². The second kappa shape index (κ2) is 10.5. The Hall–Kier alpha value is -0.0800. The van der Waals surface area contributed by atoms with Crippen LogP contribution in [0.5, 0.6) is 0 Å². The zero-order valence-corrected chi connectivity index (χ0v) is 19.2. The maximum Gasteiger partial charge on any atom is 0.00387 e. The van der Waals surface area contributed by atoms with Crippen LogP contribution in [-0.2, 0) is 0 Å². The lowest BCUT2D eigenvalue weighted by molar-refractivity contribution is 0.0787. The molecule has 0 amide bonds. The Morgan fingerprint density at radius 3 is 1.35 bits per heavy atom. The molecular weight excluding hydrogens is 316 g/mol. The van der Waals surface area contributed by atoms with Crippen molar-refractivity contribution in [1.29, 1.82) is 0 Å². The SMILES string of the molecule is C.CC(C)N1CCC(C(C)(C)C)C1.CC(C)N1CCCC(C(C)(C)C)C1. The number of piperidine rings is 1. The maximum absolute atomic E-state index is 2.62. The second-order valence-electron chi connectivity index (χ2n) is 11.2. The van der Waals surface area contributed by atoms with E-state index < -0.39 is 0 Å². The van der Waals surface area contributed by atoms with E-state index in [2.05, 4.69) is 79.0 Å². The average molecular weight is 369 g/mol. The van der Waals surface area contributed by atoms with E-state index in [0.717, 1.165) is 23.9 Å². The number of rotatable bonds is 2. The zero-order chi connectivity index (χ0) is 19.4. The molecule has 0 radical (unpaired) electrons. The van der Waals surface area contributed by atoms with Gasteiger partial charge in [-0.1, -0.05) is 49.0 Å². The molecular formula is C24H52N2. The molecule has 2 aliphatic rings. The summed E-state index contributed by atoms with van der Waals surface area (Å²) in [4.78, 5) is 5.22. The Kier molecular flexibility index (Phi) is 10.4. The molecule has 0 bridgehead atoms. The van der Waals surface area contributed by atoms with E-state index in [1.807, 2.05) is 0 Å². The molecule has 0 N–H and O–H groups in total. The predicted molar refractivity (Wildman–Crippen MR) is 120 cm³/mol. The van der Waals surface area contributed by atoms with Gasteiger partial charge in [0, 0.05) is 25.2 Å². The van der Waals surface area contributed by atoms with Crippen molar-refractivity contribution in [3.05, 3.63) is 0 Å². The summed E-state index contributed by atoms with van der Waals surface area (Å²) in [6, 6.07) is 1.46. The van der Waals surface area contributed by atoms with Crippen LogP contribution in [0.4, 0.5) is 0 Å². The Morgan fingerprint density at radius 2 is 1.04 bits per heavy atom. The summed E-state index contributed by atoms with van der Waals surface area (Å²) in [5.41, 5.74) is 0.997. The Morgan fingerprint density at radius 1 is 0.654 bits per heavy atom. The van der Waals surface area contributed by atoms with Gasteiger partial charge in [0.1, 0.15) is 0 Å². The predicted octanol–water partition coefficient (Wildman–Crippen LogP) is 6.55. The molecule has 2 heteroatoms. The number of nitrogens with zero attached hydrogens (tertiary/aromatic N) is 2. The normalized spacial score (nSPS) is 25.8. The van der Waals surface area contributed by atoms with Crippen molar-refractivity contribution >= 4 is 0 Å². The third-order valence-electron chi connectivity index (χ3n) is 6.58. The van der Waals surface area contributed by atoms with Crippen molar-refractivity contribution in [2.45, 2.75) is 108 Å². The van der Waals surface area contributed by atoms with Crippen molar-refractivity contribution in [3.63, 3.8) is 0 Å². The molecule has 2 unspecified atom stereocenters. The highest BCUT2D eigenvalue weighted by atomic mass is 15.2. The van der Waals surface area contributed by atoms with Gasteiger partial charge in [0.05, 0.1) is 0 Å². The molecule has 2 fully saturated rings. The third-order valence-corrected chi connectivity index (χ3v) is 6.58. The van der Waals surface area contributed by atoms with Crippen LogP contribution in [-0.4, -0.2) is 48.1 Å². The molecule has 0 spiro atoms. The smallest absolute Gasteiger partial charge is 0.00387 e. The third kappa shape index (κ3) is 8.30. The minimum Gasteiger partial charge on any atom is -0.301 e. The molecule has 2 aliphatic heterocycles. The first kappa shape index (κ1) is 25.9. The minimum absolute atomic E-state index is 0. The fraction of sp³-hybridized carbons (Fsp3) is 1.00. The highest BCUT2D eigenvalue weighted by Gasteiger charge is 2.32. The molecule has 26 heavy (non-hydrogen) atoms. The van der Waals surface area contributed by atoms with E-state index >= 15 is 0 Å². The lowest BCUT2D eigenvalue weighted by Crippen LogP contribution is -2.43. The van der Waals surface area contributed by atoms with Gasteiger partial charge in [-0.05, 0) is 82.7 Å². The summed E-state index contributed by atoms with van der Waals surface area (Å²) in [5, 5.41) is 0. The van der Waals surface area contributed by atoms with E-state index in [0.29, 0.717) is 10.8 Å². The molecule has 2 rings (SSSR count). The lowest BCUT2D eigenvalue weighted by Gasteiger charge is -2.41. The molecule has 0 aromatic heterocycles. The van der Waals surface area contributed by atoms with Gasteiger partial charge in [-0.25, -0.2) is 0 Å². The van der Waals surface area contributed by atoms with E-state index in [9.17, 15) is 0 Å². The van der Waals surface area contributed by atoms with Gasteiger partial charge in [-0.15, -0.1) is 0 Å². The number of hydrogen-bond acceptors (Lipinski definition) is 2. The second-order valence-corrected chi connectivity index (χ2v) is 11.2. The highest BCUT2D eigenvalue weighted by Crippen LogP contribution is 2.34. The Balaban J connectivity index is 0.000000464. The van der Waals surface area contributed by atoms with Crippen LogP contribution in [0.25, 0.3) is 0 Å². The number of likely N-dealkylation sites (tertiary alicyclic amines) is 2. The summed E-state index contributed by atoms with van der Waals surface area (Å²) in [6.07, 6.45) is 4.20. The van der Waals surface area contributed by atoms with Crippen LogP contribution in [0.3, 0.4) is 0 Å². The monoisotopic (exact) mass is 368 g/mol. The molecule has 2 nitrogen and oxygen atoms in total. The van der Waals surface area contributed by atoms with Crippen molar-refractivity contribution < 1.29 is 0 Å². The number of hydrogen-bond donors (Lipinski definition) is 0. The molecule has 0 aliphatic carbocycles. The van der Waals surface area contributed by atoms with Crippen molar-refractivity contribution in [2.75, 3.05) is 26.2 Å². The van der Waals surface area contributed by atoms with Gasteiger partial charge in [0.15, 0.2) is 0 Å². The summed E-state index contributed by atoms with van der Waals surface area (Å²) in [6.45, 7) is 28.7. The first-order valence-corrected chi connectivity index (χ1v) is 10.8. The average Bonchev–Trinajstić information content (AvgIpc) is 2.97. The lowest BCUT2D eigenvalue weighted by atomic mass is 9.76. The molecule has 0 saturated carbocycles. The van der Waals surface area contributed by atoms with Crippen LogP contribution >= 0.6 is 0 Å². The van der Waals surface area contributed by atoms with Crippen molar-refractivity contribution in [1.82, 2.24) is 9.80 Å². The maximum atomic E-state index is 2.62. The molecule has 2 heterocycles.